The number of hydrogen-bond acceptors (Lipinski definition) is 3. The van der Waals surface area contributed by atoms with E-state index in [0.717, 1.165) is 37.2 Å². The minimum atomic E-state index is 0.0994. The summed E-state index contributed by atoms with van der Waals surface area (Å²) in [5, 5.41) is 3.31. The van der Waals surface area contributed by atoms with Crippen molar-refractivity contribution in [1.82, 2.24) is 15.2 Å². The molecule has 2 rings (SSSR count). The Morgan fingerprint density at radius 1 is 1.47 bits per heavy atom. The summed E-state index contributed by atoms with van der Waals surface area (Å²) < 4.78 is 0. The Labute approximate surface area is 102 Å². The molecule has 1 aliphatic rings. The molecule has 0 spiro atoms. The molecule has 0 aliphatic carbocycles. The number of rotatable bonds is 2. The molecule has 1 N–H and O–H groups in total. The molecule has 4 heteroatoms. The Kier molecular flexibility index (Phi) is 3.74. The van der Waals surface area contributed by atoms with Crippen LogP contribution in [-0.4, -0.2) is 42.0 Å². The zero-order valence-corrected chi connectivity index (χ0v) is 10.4. The second-order valence-electron chi connectivity index (χ2n) is 4.58. The topological polar surface area (TPSA) is 45.2 Å². The largest absolute Gasteiger partial charge is 0.339 e. The van der Waals surface area contributed by atoms with Gasteiger partial charge in [-0.1, -0.05) is 0 Å². The van der Waals surface area contributed by atoms with E-state index in [9.17, 15) is 4.79 Å². The van der Waals surface area contributed by atoms with E-state index in [0.29, 0.717) is 6.04 Å². The van der Waals surface area contributed by atoms with E-state index in [1.807, 2.05) is 24.9 Å². The van der Waals surface area contributed by atoms with Gasteiger partial charge in [-0.15, -0.1) is 0 Å². The van der Waals surface area contributed by atoms with Gasteiger partial charge in [0.05, 0.1) is 0 Å². The quantitative estimate of drug-likeness (QED) is 0.835. The lowest BCUT2D eigenvalue weighted by Crippen LogP contribution is -2.43. The van der Waals surface area contributed by atoms with Gasteiger partial charge in [-0.25, -0.2) is 0 Å². The molecule has 0 unspecified atom stereocenters. The van der Waals surface area contributed by atoms with Crippen LogP contribution in [0.4, 0.5) is 0 Å². The fraction of sp³-hybridized carbons (Fsp3) is 0.538. The molecule has 0 aromatic carbocycles. The van der Waals surface area contributed by atoms with E-state index in [4.69, 9.17) is 0 Å². The van der Waals surface area contributed by atoms with Crippen LogP contribution in [0.3, 0.4) is 0 Å². The maximum Gasteiger partial charge on any atom is 0.253 e. The van der Waals surface area contributed by atoms with Gasteiger partial charge in [0, 0.05) is 30.5 Å². The fourth-order valence-corrected chi connectivity index (χ4v) is 2.24. The number of nitrogens with zero attached hydrogens (tertiary/aromatic N) is 2. The molecule has 1 fully saturated rings. The average molecular weight is 233 g/mol. The Morgan fingerprint density at radius 3 is 2.82 bits per heavy atom. The van der Waals surface area contributed by atoms with Crippen molar-refractivity contribution in [3.63, 3.8) is 0 Å². The summed E-state index contributed by atoms with van der Waals surface area (Å²) in [4.78, 5) is 18.3. The molecule has 2 heterocycles. The highest BCUT2D eigenvalue weighted by Gasteiger charge is 2.22. The van der Waals surface area contributed by atoms with Crippen LogP contribution in [0.25, 0.3) is 0 Å². The van der Waals surface area contributed by atoms with E-state index in [-0.39, 0.29) is 5.91 Å². The minimum Gasteiger partial charge on any atom is -0.339 e. The summed E-state index contributed by atoms with van der Waals surface area (Å²) in [6, 6.07) is 3.99. The van der Waals surface area contributed by atoms with Crippen molar-refractivity contribution < 1.29 is 4.79 Å². The molecular weight excluding hydrogens is 214 g/mol. The fourth-order valence-electron chi connectivity index (χ4n) is 2.24. The zero-order chi connectivity index (χ0) is 12.3. The number of pyridine rings is 1. The molecule has 1 saturated heterocycles. The van der Waals surface area contributed by atoms with Crippen molar-refractivity contribution >= 4 is 5.91 Å². The number of aryl methyl sites for hydroxylation is 1. The monoisotopic (exact) mass is 233 g/mol. The highest BCUT2D eigenvalue weighted by Crippen LogP contribution is 2.13. The van der Waals surface area contributed by atoms with Gasteiger partial charge in [0.2, 0.25) is 0 Å². The third kappa shape index (κ3) is 2.82. The SMILES string of the molecule is Cc1cc(C(=O)N(C)C2CCNCC2)ccn1. The normalized spacial score (nSPS) is 16.8. The highest BCUT2D eigenvalue weighted by molar-refractivity contribution is 5.94. The number of piperidine rings is 1. The van der Waals surface area contributed by atoms with Crippen molar-refractivity contribution in [2.75, 3.05) is 20.1 Å². The summed E-state index contributed by atoms with van der Waals surface area (Å²) in [7, 11) is 1.90. The van der Waals surface area contributed by atoms with Crippen LogP contribution in [0.2, 0.25) is 0 Å². The van der Waals surface area contributed by atoms with Crippen molar-refractivity contribution in [2.45, 2.75) is 25.8 Å². The van der Waals surface area contributed by atoms with Crippen LogP contribution >= 0.6 is 0 Å². The molecule has 92 valence electrons. The number of carbonyl (C=O) groups is 1. The summed E-state index contributed by atoms with van der Waals surface area (Å²) >= 11 is 0. The Morgan fingerprint density at radius 2 is 2.18 bits per heavy atom. The summed E-state index contributed by atoms with van der Waals surface area (Å²) in [5.41, 5.74) is 1.62. The first-order valence-electron chi connectivity index (χ1n) is 6.09. The van der Waals surface area contributed by atoms with E-state index in [2.05, 4.69) is 10.3 Å². The third-order valence-electron chi connectivity index (χ3n) is 3.32. The lowest BCUT2D eigenvalue weighted by atomic mass is 10.0. The Hall–Kier alpha value is -1.42. The summed E-state index contributed by atoms with van der Waals surface area (Å²) in [6.07, 6.45) is 3.76. The maximum atomic E-state index is 12.3. The number of aromatic nitrogens is 1. The standard InChI is InChI=1S/C13H19N3O/c1-10-9-11(3-8-15-10)13(17)16(2)12-4-6-14-7-5-12/h3,8-9,12,14H,4-7H2,1-2H3. The number of carbonyl (C=O) groups excluding carboxylic acids is 1. The highest BCUT2D eigenvalue weighted by atomic mass is 16.2. The molecule has 0 bridgehead atoms. The molecule has 4 nitrogen and oxygen atoms in total. The Bertz CT molecular complexity index is 399. The molecule has 17 heavy (non-hydrogen) atoms. The van der Waals surface area contributed by atoms with Gasteiger partial charge >= 0.3 is 0 Å². The van der Waals surface area contributed by atoms with Crippen LogP contribution in [-0.2, 0) is 0 Å². The predicted molar refractivity (Wildman–Crippen MR) is 67.0 cm³/mol. The second-order valence-corrected chi connectivity index (χ2v) is 4.58. The van der Waals surface area contributed by atoms with Gasteiger partial charge in [0.15, 0.2) is 0 Å². The van der Waals surface area contributed by atoms with Crippen LogP contribution in [0.5, 0.6) is 0 Å². The van der Waals surface area contributed by atoms with Crippen molar-refractivity contribution in [1.29, 1.82) is 0 Å². The maximum absolute atomic E-state index is 12.3. The van der Waals surface area contributed by atoms with Gasteiger partial charge in [0.25, 0.3) is 5.91 Å². The first kappa shape index (κ1) is 12.0. The second kappa shape index (κ2) is 5.27. The number of amides is 1. The molecule has 0 radical (unpaired) electrons. The van der Waals surface area contributed by atoms with Gasteiger partial charge in [-0.2, -0.15) is 0 Å². The molecule has 0 atom stereocenters. The molecule has 1 amide bonds. The first-order chi connectivity index (χ1) is 8.18. The predicted octanol–water partition coefficient (Wildman–Crippen LogP) is 1.21. The van der Waals surface area contributed by atoms with Crippen molar-refractivity contribution in [2.24, 2.45) is 0 Å². The van der Waals surface area contributed by atoms with Gasteiger partial charge < -0.3 is 10.2 Å². The van der Waals surface area contributed by atoms with E-state index >= 15 is 0 Å². The van der Waals surface area contributed by atoms with Crippen molar-refractivity contribution in [3.8, 4) is 0 Å². The first-order valence-corrected chi connectivity index (χ1v) is 6.09. The molecule has 1 aromatic heterocycles. The lowest BCUT2D eigenvalue weighted by molar-refractivity contribution is 0.0703. The molecule has 0 saturated carbocycles. The molecule has 1 aromatic rings. The van der Waals surface area contributed by atoms with E-state index in [1.165, 1.54) is 0 Å². The number of nitrogens with one attached hydrogen (secondary N) is 1. The average Bonchev–Trinajstić information content (AvgIpc) is 2.38. The number of hydrogen-bond donors (Lipinski definition) is 1. The third-order valence-corrected chi connectivity index (χ3v) is 3.32. The van der Waals surface area contributed by atoms with Gasteiger partial charge in [-0.3, -0.25) is 9.78 Å². The van der Waals surface area contributed by atoms with E-state index < -0.39 is 0 Å². The summed E-state index contributed by atoms with van der Waals surface area (Å²) in [6.45, 7) is 3.90. The molecular formula is C13H19N3O. The van der Waals surface area contributed by atoms with Gasteiger partial charge in [0.1, 0.15) is 0 Å². The molecule has 1 aliphatic heterocycles. The lowest BCUT2D eigenvalue weighted by Gasteiger charge is -2.31. The van der Waals surface area contributed by atoms with Crippen LogP contribution in [0, 0.1) is 6.92 Å². The van der Waals surface area contributed by atoms with Crippen LogP contribution in [0.1, 0.15) is 28.9 Å². The Balaban J connectivity index is 2.08. The zero-order valence-electron chi connectivity index (χ0n) is 10.4. The van der Waals surface area contributed by atoms with E-state index in [1.54, 1.807) is 12.3 Å². The van der Waals surface area contributed by atoms with Crippen molar-refractivity contribution in [3.05, 3.63) is 29.6 Å². The minimum absolute atomic E-state index is 0.0994. The van der Waals surface area contributed by atoms with Crippen LogP contribution < -0.4 is 5.32 Å². The van der Waals surface area contributed by atoms with Crippen LogP contribution in [0.15, 0.2) is 18.3 Å². The summed E-state index contributed by atoms with van der Waals surface area (Å²) in [5.74, 6) is 0.0994. The van der Waals surface area contributed by atoms with Gasteiger partial charge in [-0.05, 0) is 45.0 Å². The smallest absolute Gasteiger partial charge is 0.253 e.